The van der Waals surface area contributed by atoms with E-state index in [9.17, 15) is 0 Å². The number of nitrogens with two attached hydrogens (primary N) is 1. The molecule has 0 bridgehead atoms. The van der Waals surface area contributed by atoms with Crippen LogP contribution >= 0.6 is 0 Å². The Balaban J connectivity index is 1.90. The predicted molar refractivity (Wildman–Crippen MR) is 70.1 cm³/mol. The second kappa shape index (κ2) is 6.83. The first-order valence-corrected chi connectivity index (χ1v) is 6.62. The summed E-state index contributed by atoms with van der Waals surface area (Å²) in [5, 5.41) is 0. The molecule has 4 heteroatoms. The number of hydrogen-bond donors (Lipinski definition) is 1. The molecule has 18 heavy (non-hydrogen) atoms. The molecule has 0 spiro atoms. The lowest BCUT2D eigenvalue weighted by molar-refractivity contribution is -0.0188. The predicted octanol–water partition coefficient (Wildman–Crippen LogP) is 1.91. The van der Waals surface area contributed by atoms with Gasteiger partial charge in [-0.05, 0) is 31.7 Å². The fraction of sp³-hybridized carbons (Fsp3) is 0.643. The van der Waals surface area contributed by atoms with E-state index in [0.29, 0.717) is 5.92 Å². The molecule has 0 aliphatic carbocycles. The maximum absolute atomic E-state index is 6.01. The van der Waals surface area contributed by atoms with Gasteiger partial charge in [-0.25, -0.2) is 0 Å². The van der Waals surface area contributed by atoms with Crippen molar-refractivity contribution in [3.05, 3.63) is 30.1 Å². The van der Waals surface area contributed by atoms with Crippen molar-refractivity contribution in [1.82, 2.24) is 4.98 Å². The highest BCUT2D eigenvalue weighted by atomic mass is 16.5. The molecule has 1 aromatic heterocycles. The normalized spacial score (nSPS) is 20.6. The zero-order valence-corrected chi connectivity index (χ0v) is 10.9. The number of hydrogen-bond acceptors (Lipinski definition) is 4. The van der Waals surface area contributed by atoms with Gasteiger partial charge in [0, 0.05) is 37.2 Å². The molecule has 0 aromatic carbocycles. The first-order chi connectivity index (χ1) is 8.77. The summed E-state index contributed by atoms with van der Waals surface area (Å²) in [5.41, 5.74) is 7.06. The molecule has 0 radical (unpaired) electrons. The third-order valence-corrected chi connectivity index (χ3v) is 3.34. The van der Waals surface area contributed by atoms with Crippen LogP contribution in [-0.4, -0.2) is 30.8 Å². The van der Waals surface area contributed by atoms with E-state index in [4.69, 9.17) is 15.2 Å². The lowest BCUT2D eigenvalue weighted by atomic mass is 10.0. The summed E-state index contributed by atoms with van der Waals surface area (Å²) in [6.45, 7) is 4.43. The molecule has 1 aliphatic heterocycles. The van der Waals surface area contributed by atoms with Crippen LogP contribution < -0.4 is 5.73 Å². The first kappa shape index (κ1) is 13.5. The van der Waals surface area contributed by atoms with Crippen LogP contribution in [0, 0.1) is 5.92 Å². The first-order valence-electron chi connectivity index (χ1n) is 6.62. The molecule has 1 aliphatic rings. The van der Waals surface area contributed by atoms with E-state index in [-0.39, 0.29) is 12.1 Å². The molecular weight excluding hydrogens is 228 g/mol. The number of rotatable bonds is 5. The largest absolute Gasteiger partial charge is 0.381 e. The lowest BCUT2D eigenvalue weighted by Gasteiger charge is -2.27. The molecule has 1 fully saturated rings. The van der Waals surface area contributed by atoms with Crippen molar-refractivity contribution in [3.63, 3.8) is 0 Å². The summed E-state index contributed by atoms with van der Waals surface area (Å²) in [4.78, 5) is 4.13. The van der Waals surface area contributed by atoms with Crippen molar-refractivity contribution >= 4 is 0 Å². The molecule has 100 valence electrons. The Morgan fingerprint density at radius 2 is 2.28 bits per heavy atom. The second-order valence-corrected chi connectivity index (χ2v) is 4.96. The van der Waals surface area contributed by atoms with E-state index in [2.05, 4.69) is 4.98 Å². The lowest BCUT2D eigenvalue weighted by Crippen LogP contribution is -2.29. The van der Waals surface area contributed by atoms with Crippen molar-refractivity contribution in [2.75, 3.05) is 19.8 Å². The fourth-order valence-electron chi connectivity index (χ4n) is 2.25. The van der Waals surface area contributed by atoms with Crippen LogP contribution in [0.4, 0.5) is 0 Å². The molecule has 1 saturated heterocycles. The highest BCUT2D eigenvalue weighted by Gasteiger charge is 2.20. The van der Waals surface area contributed by atoms with Gasteiger partial charge in [0.2, 0.25) is 0 Å². The standard InChI is InChI=1S/C14H22N2O2/c1-11(15)14(13-3-2-6-16-9-13)18-10-12-4-7-17-8-5-12/h2-3,6,9,11-12,14H,4-5,7-8,10,15H2,1H3. The Hall–Kier alpha value is -0.970. The van der Waals surface area contributed by atoms with Gasteiger partial charge in [-0.15, -0.1) is 0 Å². The number of aromatic nitrogens is 1. The van der Waals surface area contributed by atoms with Gasteiger partial charge in [0.15, 0.2) is 0 Å². The van der Waals surface area contributed by atoms with Crippen LogP contribution in [0.1, 0.15) is 31.4 Å². The zero-order chi connectivity index (χ0) is 12.8. The smallest absolute Gasteiger partial charge is 0.0987 e. The Morgan fingerprint density at radius 3 is 2.89 bits per heavy atom. The average Bonchev–Trinajstić information content (AvgIpc) is 2.41. The fourth-order valence-corrected chi connectivity index (χ4v) is 2.25. The summed E-state index contributed by atoms with van der Waals surface area (Å²) in [6.07, 6.45) is 5.69. The van der Waals surface area contributed by atoms with Crippen LogP contribution in [0.2, 0.25) is 0 Å². The quantitative estimate of drug-likeness (QED) is 0.867. The molecule has 2 rings (SSSR count). The molecule has 4 nitrogen and oxygen atoms in total. The molecular formula is C14H22N2O2. The monoisotopic (exact) mass is 250 g/mol. The van der Waals surface area contributed by atoms with Crippen LogP contribution in [0.25, 0.3) is 0 Å². The molecule has 0 amide bonds. The van der Waals surface area contributed by atoms with Crippen molar-refractivity contribution in [2.24, 2.45) is 11.7 Å². The van der Waals surface area contributed by atoms with E-state index < -0.39 is 0 Å². The Labute approximate surface area is 108 Å². The zero-order valence-electron chi connectivity index (χ0n) is 10.9. The highest BCUT2D eigenvalue weighted by Crippen LogP contribution is 2.23. The van der Waals surface area contributed by atoms with Crippen LogP contribution in [0.15, 0.2) is 24.5 Å². The van der Waals surface area contributed by atoms with Crippen LogP contribution in [-0.2, 0) is 9.47 Å². The van der Waals surface area contributed by atoms with Crippen molar-refractivity contribution in [1.29, 1.82) is 0 Å². The van der Waals surface area contributed by atoms with Crippen LogP contribution in [0.3, 0.4) is 0 Å². The summed E-state index contributed by atoms with van der Waals surface area (Å²) in [7, 11) is 0. The Morgan fingerprint density at radius 1 is 1.50 bits per heavy atom. The molecule has 1 aromatic rings. The minimum absolute atomic E-state index is 0.0333. The third-order valence-electron chi connectivity index (χ3n) is 3.34. The average molecular weight is 250 g/mol. The summed E-state index contributed by atoms with van der Waals surface area (Å²) < 4.78 is 11.4. The van der Waals surface area contributed by atoms with E-state index in [1.54, 1.807) is 6.20 Å². The molecule has 2 N–H and O–H groups in total. The van der Waals surface area contributed by atoms with Crippen LogP contribution in [0.5, 0.6) is 0 Å². The van der Waals surface area contributed by atoms with E-state index in [1.807, 2.05) is 25.3 Å². The van der Waals surface area contributed by atoms with Crippen molar-refractivity contribution in [2.45, 2.75) is 31.9 Å². The Kier molecular flexibility index (Phi) is 5.11. The van der Waals surface area contributed by atoms with Gasteiger partial charge in [-0.3, -0.25) is 4.98 Å². The molecule has 2 heterocycles. The molecule has 2 atom stereocenters. The van der Waals surface area contributed by atoms with E-state index in [0.717, 1.165) is 38.2 Å². The van der Waals surface area contributed by atoms with Gasteiger partial charge in [0.1, 0.15) is 0 Å². The van der Waals surface area contributed by atoms with Gasteiger partial charge in [-0.2, -0.15) is 0 Å². The number of nitrogens with zero attached hydrogens (tertiary/aromatic N) is 1. The van der Waals surface area contributed by atoms with E-state index in [1.165, 1.54) is 0 Å². The third kappa shape index (κ3) is 3.77. The summed E-state index contributed by atoms with van der Waals surface area (Å²) in [5.74, 6) is 0.594. The van der Waals surface area contributed by atoms with Crippen molar-refractivity contribution in [3.8, 4) is 0 Å². The maximum atomic E-state index is 6.01. The maximum Gasteiger partial charge on any atom is 0.0987 e. The topological polar surface area (TPSA) is 57.4 Å². The minimum atomic E-state index is -0.0680. The second-order valence-electron chi connectivity index (χ2n) is 4.96. The SMILES string of the molecule is CC(N)C(OCC1CCOCC1)c1cccnc1. The molecule has 2 unspecified atom stereocenters. The van der Waals surface area contributed by atoms with E-state index >= 15 is 0 Å². The highest BCUT2D eigenvalue weighted by molar-refractivity contribution is 5.13. The van der Waals surface area contributed by atoms with Gasteiger partial charge in [-0.1, -0.05) is 6.07 Å². The van der Waals surface area contributed by atoms with Gasteiger partial charge >= 0.3 is 0 Å². The summed E-state index contributed by atoms with van der Waals surface area (Å²) in [6, 6.07) is 3.90. The summed E-state index contributed by atoms with van der Waals surface area (Å²) >= 11 is 0. The van der Waals surface area contributed by atoms with Crippen molar-refractivity contribution < 1.29 is 9.47 Å². The number of ether oxygens (including phenoxy) is 2. The molecule has 0 saturated carbocycles. The number of pyridine rings is 1. The van der Waals surface area contributed by atoms with Gasteiger partial charge in [0.05, 0.1) is 12.7 Å². The van der Waals surface area contributed by atoms with Gasteiger partial charge in [0.25, 0.3) is 0 Å². The minimum Gasteiger partial charge on any atom is -0.381 e. The van der Waals surface area contributed by atoms with Gasteiger partial charge < -0.3 is 15.2 Å². The Bertz CT molecular complexity index is 337.